The SMILES string of the molecule is CCCCCN(Cc1ccc(F)cc1)C(=O)CN1C(=O)NC(C)(C2CC2)C1=O. The number of urea groups is 1. The minimum absolute atomic E-state index is 0.156. The van der Waals surface area contributed by atoms with Crippen LogP contribution in [0.15, 0.2) is 24.3 Å². The van der Waals surface area contributed by atoms with Crippen LogP contribution in [0.1, 0.15) is 51.5 Å². The van der Waals surface area contributed by atoms with Gasteiger partial charge in [-0.25, -0.2) is 9.18 Å². The average molecular weight is 389 g/mol. The quantitative estimate of drug-likeness (QED) is 0.521. The molecule has 0 aromatic heterocycles. The number of imide groups is 1. The number of benzene rings is 1. The van der Waals surface area contributed by atoms with Crippen molar-refractivity contribution in [2.75, 3.05) is 13.1 Å². The van der Waals surface area contributed by atoms with Crippen molar-refractivity contribution in [3.63, 3.8) is 0 Å². The van der Waals surface area contributed by atoms with Gasteiger partial charge in [-0.05, 0) is 49.8 Å². The molecule has 1 unspecified atom stereocenters. The molecule has 1 aromatic rings. The van der Waals surface area contributed by atoms with E-state index in [1.165, 1.54) is 12.1 Å². The smallest absolute Gasteiger partial charge is 0.325 e. The molecule has 2 aliphatic rings. The number of carbonyl (C=O) groups is 3. The third-order valence-electron chi connectivity index (χ3n) is 5.66. The van der Waals surface area contributed by atoms with Crippen LogP contribution in [0.3, 0.4) is 0 Å². The highest BCUT2D eigenvalue weighted by Crippen LogP contribution is 2.42. The minimum Gasteiger partial charge on any atom is -0.337 e. The summed E-state index contributed by atoms with van der Waals surface area (Å²) in [5.41, 5.74) is -0.0762. The molecule has 1 aliphatic heterocycles. The van der Waals surface area contributed by atoms with Gasteiger partial charge in [0, 0.05) is 13.1 Å². The molecular weight excluding hydrogens is 361 g/mol. The summed E-state index contributed by atoms with van der Waals surface area (Å²) in [6.07, 6.45) is 4.67. The molecule has 1 saturated carbocycles. The van der Waals surface area contributed by atoms with Crippen LogP contribution < -0.4 is 5.32 Å². The number of halogens is 1. The zero-order valence-electron chi connectivity index (χ0n) is 16.5. The Hall–Kier alpha value is -2.44. The lowest BCUT2D eigenvalue weighted by molar-refractivity contribution is -0.139. The predicted octanol–water partition coefficient (Wildman–Crippen LogP) is 3.07. The molecule has 152 valence electrons. The topological polar surface area (TPSA) is 69.7 Å². The van der Waals surface area contributed by atoms with E-state index >= 15 is 0 Å². The van der Waals surface area contributed by atoms with E-state index in [4.69, 9.17) is 0 Å². The first-order chi connectivity index (χ1) is 13.3. The summed E-state index contributed by atoms with van der Waals surface area (Å²) in [5, 5.41) is 2.77. The predicted molar refractivity (Wildman–Crippen MR) is 103 cm³/mol. The number of hydrogen-bond donors (Lipinski definition) is 1. The van der Waals surface area contributed by atoms with Crippen molar-refractivity contribution in [3.8, 4) is 0 Å². The number of hydrogen-bond acceptors (Lipinski definition) is 3. The summed E-state index contributed by atoms with van der Waals surface area (Å²) < 4.78 is 13.2. The summed E-state index contributed by atoms with van der Waals surface area (Å²) in [6, 6.07) is 5.52. The van der Waals surface area contributed by atoms with E-state index < -0.39 is 11.6 Å². The normalized spacial score (nSPS) is 21.8. The molecule has 28 heavy (non-hydrogen) atoms. The van der Waals surface area contributed by atoms with E-state index in [9.17, 15) is 18.8 Å². The van der Waals surface area contributed by atoms with Crippen LogP contribution in [0.5, 0.6) is 0 Å². The zero-order valence-corrected chi connectivity index (χ0v) is 16.5. The summed E-state index contributed by atoms with van der Waals surface area (Å²) in [4.78, 5) is 40.7. The van der Waals surface area contributed by atoms with Crippen LogP contribution in [-0.2, 0) is 16.1 Å². The Bertz CT molecular complexity index is 748. The number of carbonyl (C=O) groups excluding carboxylic acids is 3. The summed E-state index contributed by atoms with van der Waals surface area (Å²) in [7, 11) is 0. The number of rotatable bonds is 9. The monoisotopic (exact) mass is 389 g/mol. The fourth-order valence-corrected chi connectivity index (χ4v) is 3.69. The van der Waals surface area contributed by atoms with Gasteiger partial charge in [-0.15, -0.1) is 0 Å². The molecule has 1 heterocycles. The van der Waals surface area contributed by atoms with Crippen LogP contribution in [-0.4, -0.2) is 46.3 Å². The molecule has 1 N–H and O–H groups in total. The third-order valence-corrected chi connectivity index (χ3v) is 5.66. The molecule has 2 fully saturated rings. The lowest BCUT2D eigenvalue weighted by atomic mass is 9.96. The second-order valence-electron chi connectivity index (χ2n) is 7.95. The summed E-state index contributed by atoms with van der Waals surface area (Å²) >= 11 is 0. The van der Waals surface area contributed by atoms with Crippen LogP contribution in [0.25, 0.3) is 0 Å². The molecule has 0 bridgehead atoms. The molecule has 1 aromatic carbocycles. The maximum atomic E-state index is 13.2. The number of unbranched alkanes of at least 4 members (excludes halogenated alkanes) is 2. The molecule has 3 rings (SSSR count). The Morgan fingerprint density at radius 2 is 1.93 bits per heavy atom. The average Bonchev–Trinajstić information content (AvgIpc) is 3.49. The standard InChI is InChI=1S/C21H28FN3O3/c1-3-4-5-12-24(13-15-6-10-17(22)11-7-15)18(26)14-25-19(27)21(2,16-8-9-16)23-20(25)28/h6-7,10-11,16H,3-5,8-9,12-14H2,1-2H3,(H,23,28). The molecule has 1 saturated heterocycles. The molecule has 0 spiro atoms. The molecule has 1 atom stereocenters. The van der Waals surface area contributed by atoms with Crippen molar-refractivity contribution >= 4 is 17.8 Å². The van der Waals surface area contributed by atoms with Gasteiger partial charge < -0.3 is 10.2 Å². The molecule has 4 amide bonds. The maximum absolute atomic E-state index is 13.2. The summed E-state index contributed by atoms with van der Waals surface area (Å²) in [5.74, 6) is -0.761. The van der Waals surface area contributed by atoms with Crippen molar-refractivity contribution in [3.05, 3.63) is 35.6 Å². The fraction of sp³-hybridized carbons (Fsp3) is 0.571. The van der Waals surface area contributed by atoms with Crippen molar-refractivity contribution in [2.24, 2.45) is 5.92 Å². The first kappa shape index (κ1) is 20.3. The fourth-order valence-electron chi connectivity index (χ4n) is 3.69. The molecular formula is C21H28FN3O3. The van der Waals surface area contributed by atoms with E-state index in [0.717, 1.165) is 42.6 Å². The zero-order chi connectivity index (χ0) is 20.3. The van der Waals surface area contributed by atoms with Gasteiger partial charge in [0.25, 0.3) is 5.91 Å². The first-order valence-electron chi connectivity index (χ1n) is 10.0. The molecule has 6 nitrogen and oxygen atoms in total. The van der Waals surface area contributed by atoms with Gasteiger partial charge in [0.05, 0.1) is 0 Å². The van der Waals surface area contributed by atoms with E-state index in [-0.39, 0.29) is 30.1 Å². The highest BCUT2D eigenvalue weighted by atomic mass is 19.1. The van der Waals surface area contributed by atoms with E-state index in [2.05, 4.69) is 12.2 Å². The second kappa shape index (κ2) is 8.29. The maximum Gasteiger partial charge on any atom is 0.325 e. The van der Waals surface area contributed by atoms with Crippen molar-refractivity contribution in [1.29, 1.82) is 0 Å². The van der Waals surface area contributed by atoms with E-state index in [1.807, 2.05) is 0 Å². The lowest BCUT2D eigenvalue weighted by Crippen LogP contribution is -2.47. The second-order valence-corrected chi connectivity index (χ2v) is 7.95. The Balaban J connectivity index is 1.68. The van der Waals surface area contributed by atoms with Gasteiger partial charge >= 0.3 is 6.03 Å². The lowest BCUT2D eigenvalue weighted by Gasteiger charge is -2.25. The Labute approximate surface area is 165 Å². The van der Waals surface area contributed by atoms with Gasteiger partial charge in [-0.1, -0.05) is 31.9 Å². The van der Waals surface area contributed by atoms with Gasteiger partial charge in [0.15, 0.2) is 0 Å². The van der Waals surface area contributed by atoms with Gasteiger partial charge in [0.2, 0.25) is 5.91 Å². The largest absolute Gasteiger partial charge is 0.337 e. The number of nitrogens with one attached hydrogen (secondary N) is 1. The van der Waals surface area contributed by atoms with Crippen molar-refractivity contribution in [1.82, 2.24) is 15.1 Å². The molecule has 0 radical (unpaired) electrons. The van der Waals surface area contributed by atoms with Gasteiger partial charge in [-0.3, -0.25) is 14.5 Å². The van der Waals surface area contributed by atoms with Crippen molar-refractivity contribution < 1.29 is 18.8 Å². The Kier molecular flexibility index (Phi) is 6.01. The molecule has 1 aliphatic carbocycles. The molecule has 7 heteroatoms. The Morgan fingerprint density at radius 1 is 1.25 bits per heavy atom. The van der Waals surface area contributed by atoms with Gasteiger partial charge in [-0.2, -0.15) is 0 Å². The van der Waals surface area contributed by atoms with Crippen LogP contribution >= 0.6 is 0 Å². The summed E-state index contributed by atoms with van der Waals surface area (Å²) in [6.45, 7) is 4.42. The third kappa shape index (κ3) is 4.34. The number of nitrogens with zero attached hydrogens (tertiary/aromatic N) is 2. The van der Waals surface area contributed by atoms with Crippen LogP contribution in [0.4, 0.5) is 9.18 Å². The van der Waals surface area contributed by atoms with Crippen LogP contribution in [0.2, 0.25) is 0 Å². The van der Waals surface area contributed by atoms with E-state index in [1.54, 1.807) is 24.0 Å². The highest BCUT2D eigenvalue weighted by molar-refractivity contribution is 6.09. The minimum atomic E-state index is -0.888. The first-order valence-corrected chi connectivity index (χ1v) is 10.0. The Morgan fingerprint density at radius 3 is 2.54 bits per heavy atom. The number of amides is 4. The van der Waals surface area contributed by atoms with Gasteiger partial charge in [0.1, 0.15) is 17.9 Å². The highest BCUT2D eigenvalue weighted by Gasteiger charge is 2.56. The van der Waals surface area contributed by atoms with Crippen LogP contribution in [0, 0.1) is 11.7 Å². The van der Waals surface area contributed by atoms with Crippen molar-refractivity contribution in [2.45, 2.75) is 58.0 Å². The van der Waals surface area contributed by atoms with E-state index in [0.29, 0.717) is 13.1 Å².